The van der Waals surface area contributed by atoms with Gasteiger partial charge in [0.1, 0.15) is 5.52 Å². The smallest absolute Gasteiger partial charge is 0.271 e. The van der Waals surface area contributed by atoms with Crippen LogP contribution in [0, 0.1) is 10.1 Å². The molecule has 100 valence electrons. The van der Waals surface area contributed by atoms with E-state index in [0.717, 1.165) is 4.47 Å². The zero-order valence-corrected chi connectivity index (χ0v) is 11.6. The third kappa shape index (κ3) is 2.01. The van der Waals surface area contributed by atoms with E-state index in [2.05, 4.69) is 20.9 Å². The summed E-state index contributed by atoms with van der Waals surface area (Å²) in [6.45, 7) is 0. The molecule has 0 fully saturated rings. The molecule has 0 atom stereocenters. The van der Waals surface area contributed by atoms with E-state index >= 15 is 0 Å². The Hall–Kier alpha value is -2.41. The Morgan fingerprint density at radius 1 is 1.30 bits per heavy atom. The number of hydrogen-bond acceptors (Lipinski definition) is 5. The maximum Gasteiger partial charge on any atom is 0.271 e. The van der Waals surface area contributed by atoms with Crippen molar-refractivity contribution in [2.24, 2.45) is 0 Å². The van der Waals surface area contributed by atoms with Crippen LogP contribution >= 0.6 is 15.9 Å². The van der Waals surface area contributed by atoms with Gasteiger partial charge in [0.15, 0.2) is 5.58 Å². The summed E-state index contributed by atoms with van der Waals surface area (Å²) in [5, 5.41) is 10.7. The molecule has 2 aromatic carbocycles. The first-order valence-corrected chi connectivity index (χ1v) is 6.45. The molecule has 0 saturated carbocycles. The molecule has 0 spiro atoms. The lowest BCUT2D eigenvalue weighted by molar-refractivity contribution is -0.384. The lowest BCUT2D eigenvalue weighted by atomic mass is 10.1. The Balaban J connectivity index is 2.16. The second kappa shape index (κ2) is 4.61. The number of benzene rings is 2. The van der Waals surface area contributed by atoms with Gasteiger partial charge in [-0.1, -0.05) is 6.07 Å². The summed E-state index contributed by atoms with van der Waals surface area (Å²) in [4.78, 5) is 14.5. The van der Waals surface area contributed by atoms with Crippen LogP contribution in [0.5, 0.6) is 0 Å². The van der Waals surface area contributed by atoms with Crippen LogP contribution in [0.4, 0.5) is 11.4 Å². The topological polar surface area (TPSA) is 95.2 Å². The minimum atomic E-state index is -0.497. The van der Waals surface area contributed by atoms with Crippen molar-refractivity contribution in [2.75, 3.05) is 5.73 Å². The van der Waals surface area contributed by atoms with Gasteiger partial charge in [-0.2, -0.15) is 0 Å². The molecule has 3 aromatic rings. The third-order valence-electron chi connectivity index (χ3n) is 2.84. The molecule has 0 amide bonds. The molecular formula is C13H8BrN3O3. The number of para-hydroxylation sites is 1. The SMILES string of the molecule is Nc1cc([N+](=O)[O-])ccc1-c1nc2cccc(Br)c2o1. The molecule has 0 bridgehead atoms. The van der Waals surface area contributed by atoms with Crippen LogP contribution in [0.3, 0.4) is 0 Å². The molecule has 0 saturated heterocycles. The van der Waals surface area contributed by atoms with E-state index in [1.54, 1.807) is 0 Å². The van der Waals surface area contributed by atoms with Gasteiger partial charge < -0.3 is 10.2 Å². The van der Waals surface area contributed by atoms with Crippen molar-refractivity contribution in [3.05, 3.63) is 51.0 Å². The van der Waals surface area contributed by atoms with Crippen LogP contribution in [0.15, 0.2) is 45.3 Å². The van der Waals surface area contributed by atoms with Crippen molar-refractivity contribution in [3.63, 3.8) is 0 Å². The number of oxazole rings is 1. The zero-order valence-electron chi connectivity index (χ0n) is 10.0. The molecule has 7 heteroatoms. The number of hydrogen-bond donors (Lipinski definition) is 1. The summed E-state index contributed by atoms with van der Waals surface area (Å²) in [7, 11) is 0. The van der Waals surface area contributed by atoms with Gasteiger partial charge >= 0.3 is 0 Å². The highest BCUT2D eigenvalue weighted by molar-refractivity contribution is 9.10. The van der Waals surface area contributed by atoms with Crippen molar-refractivity contribution in [2.45, 2.75) is 0 Å². The molecule has 2 N–H and O–H groups in total. The maximum absolute atomic E-state index is 10.7. The predicted molar refractivity (Wildman–Crippen MR) is 78.2 cm³/mol. The van der Waals surface area contributed by atoms with Gasteiger partial charge in [-0.3, -0.25) is 10.1 Å². The van der Waals surface area contributed by atoms with Crippen molar-refractivity contribution >= 4 is 38.4 Å². The molecule has 20 heavy (non-hydrogen) atoms. The summed E-state index contributed by atoms with van der Waals surface area (Å²) >= 11 is 3.38. The second-order valence-electron chi connectivity index (χ2n) is 4.14. The molecular weight excluding hydrogens is 326 g/mol. The first-order chi connectivity index (χ1) is 9.56. The number of nitrogen functional groups attached to an aromatic ring is 1. The summed E-state index contributed by atoms with van der Waals surface area (Å²) in [5.74, 6) is 0.333. The van der Waals surface area contributed by atoms with Crippen LogP contribution in [0.2, 0.25) is 0 Å². The van der Waals surface area contributed by atoms with Gasteiger partial charge in [0.2, 0.25) is 5.89 Å². The fraction of sp³-hybridized carbons (Fsp3) is 0. The van der Waals surface area contributed by atoms with Crippen LogP contribution in [-0.4, -0.2) is 9.91 Å². The molecule has 1 aromatic heterocycles. The van der Waals surface area contributed by atoms with E-state index in [4.69, 9.17) is 10.2 Å². The van der Waals surface area contributed by atoms with E-state index in [1.165, 1.54) is 18.2 Å². The minimum absolute atomic E-state index is 0.0662. The largest absolute Gasteiger partial charge is 0.435 e. The number of rotatable bonds is 2. The molecule has 0 aliphatic heterocycles. The number of halogens is 1. The maximum atomic E-state index is 10.7. The van der Waals surface area contributed by atoms with E-state index in [0.29, 0.717) is 22.6 Å². The Morgan fingerprint density at radius 3 is 2.75 bits per heavy atom. The summed E-state index contributed by atoms with van der Waals surface area (Å²) in [6.07, 6.45) is 0. The van der Waals surface area contributed by atoms with Gasteiger partial charge in [-0.15, -0.1) is 0 Å². The van der Waals surface area contributed by atoms with Crippen LogP contribution < -0.4 is 5.73 Å². The van der Waals surface area contributed by atoms with Gasteiger partial charge in [0.05, 0.1) is 20.6 Å². The monoisotopic (exact) mass is 333 g/mol. The zero-order chi connectivity index (χ0) is 14.3. The standard InChI is InChI=1S/C13H8BrN3O3/c14-9-2-1-3-11-12(9)20-13(16-11)8-5-4-7(17(18)19)6-10(8)15/h1-6H,15H2. The summed E-state index contributed by atoms with van der Waals surface area (Å²) < 4.78 is 6.44. The number of nitrogens with zero attached hydrogens (tertiary/aromatic N) is 2. The molecule has 0 unspecified atom stereocenters. The van der Waals surface area contributed by atoms with Gasteiger partial charge in [0, 0.05) is 12.1 Å². The number of aromatic nitrogens is 1. The van der Waals surface area contributed by atoms with E-state index in [9.17, 15) is 10.1 Å². The number of nitrogens with two attached hydrogens (primary N) is 1. The van der Waals surface area contributed by atoms with Gasteiger partial charge in [0.25, 0.3) is 5.69 Å². The molecule has 1 heterocycles. The Bertz CT molecular complexity index is 829. The van der Waals surface area contributed by atoms with E-state index in [-0.39, 0.29) is 11.4 Å². The first kappa shape index (κ1) is 12.6. The Morgan fingerprint density at radius 2 is 2.10 bits per heavy atom. The Kier molecular flexibility index (Phi) is 2.90. The molecule has 0 radical (unpaired) electrons. The van der Waals surface area contributed by atoms with Crippen LogP contribution in [0.1, 0.15) is 0 Å². The fourth-order valence-corrected chi connectivity index (χ4v) is 2.33. The average molecular weight is 334 g/mol. The van der Waals surface area contributed by atoms with Crippen LogP contribution in [0.25, 0.3) is 22.6 Å². The normalized spacial score (nSPS) is 10.8. The molecule has 3 rings (SSSR count). The third-order valence-corrected chi connectivity index (χ3v) is 3.47. The second-order valence-corrected chi connectivity index (χ2v) is 4.99. The first-order valence-electron chi connectivity index (χ1n) is 5.65. The van der Waals surface area contributed by atoms with Gasteiger partial charge in [-0.05, 0) is 34.1 Å². The number of non-ortho nitro benzene ring substituents is 1. The molecule has 0 aliphatic rings. The van der Waals surface area contributed by atoms with Crippen LogP contribution in [-0.2, 0) is 0 Å². The van der Waals surface area contributed by atoms with Crippen molar-refractivity contribution in [1.29, 1.82) is 0 Å². The fourth-order valence-electron chi connectivity index (χ4n) is 1.89. The van der Waals surface area contributed by atoms with Crippen molar-refractivity contribution < 1.29 is 9.34 Å². The summed E-state index contributed by atoms with van der Waals surface area (Å²) in [6, 6.07) is 9.70. The summed E-state index contributed by atoms with van der Waals surface area (Å²) in [5.41, 5.74) is 7.85. The highest BCUT2D eigenvalue weighted by Gasteiger charge is 2.15. The number of nitro benzene ring substituents is 1. The number of anilines is 1. The van der Waals surface area contributed by atoms with Gasteiger partial charge in [-0.25, -0.2) is 4.98 Å². The predicted octanol–water partition coefficient (Wildman–Crippen LogP) is 3.75. The quantitative estimate of drug-likeness (QED) is 0.437. The van der Waals surface area contributed by atoms with E-state index < -0.39 is 4.92 Å². The van der Waals surface area contributed by atoms with Crippen molar-refractivity contribution in [1.82, 2.24) is 4.98 Å². The highest BCUT2D eigenvalue weighted by Crippen LogP contribution is 2.33. The highest BCUT2D eigenvalue weighted by atomic mass is 79.9. The van der Waals surface area contributed by atoms with Crippen molar-refractivity contribution in [3.8, 4) is 11.5 Å². The minimum Gasteiger partial charge on any atom is -0.435 e. The number of fused-ring (bicyclic) bond motifs is 1. The molecule has 6 nitrogen and oxygen atoms in total. The number of nitro groups is 1. The molecule has 0 aliphatic carbocycles. The van der Waals surface area contributed by atoms with E-state index in [1.807, 2.05) is 18.2 Å². The average Bonchev–Trinajstić information content (AvgIpc) is 2.83. The lowest BCUT2D eigenvalue weighted by Crippen LogP contribution is -1.94. The Labute approximate surface area is 121 Å². The lowest BCUT2D eigenvalue weighted by Gasteiger charge is -2.00.